The van der Waals surface area contributed by atoms with Crippen molar-refractivity contribution in [3.05, 3.63) is 0 Å². The number of methoxy groups -OCH3 is 1. The van der Waals surface area contributed by atoms with Gasteiger partial charge in [-0.05, 0) is 13.3 Å². The van der Waals surface area contributed by atoms with Crippen molar-refractivity contribution >= 4 is 22.6 Å². The minimum Gasteiger partial charge on any atom is -0.382 e. The van der Waals surface area contributed by atoms with Crippen molar-refractivity contribution in [1.82, 2.24) is 0 Å². The summed E-state index contributed by atoms with van der Waals surface area (Å²) in [6, 6.07) is 0. The first-order valence-electron chi connectivity index (χ1n) is 3.49. The molecule has 0 aliphatic heterocycles. The molecule has 0 radical (unpaired) electrons. The average Bonchev–Trinajstić information content (AvgIpc) is 1.88. The molecule has 0 amide bonds. The van der Waals surface area contributed by atoms with Crippen LogP contribution in [-0.2, 0) is 9.47 Å². The Hall–Kier alpha value is 0.650. The molecular formula is C7H15IO2. The number of ether oxygens (including phenoxy) is 2. The first kappa shape index (κ1) is 10.7. The smallest absolute Gasteiger partial charge is 0.109 e. The van der Waals surface area contributed by atoms with Gasteiger partial charge in [-0.1, -0.05) is 29.5 Å². The summed E-state index contributed by atoms with van der Waals surface area (Å²) < 4.78 is 10.7. The maximum absolute atomic E-state index is 5.50. The fraction of sp³-hybridized carbons (Fsp3) is 1.00. The van der Waals surface area contributed by atoms with Gasteiger partial charge in [0.15, 0.2) is 0 Å². The van der Waals surface area contributed by atoms with Crippen molar-refractivity contribution in [1.29, 1.82) is 0 Å². The lowest BCUT2D eigenvalue weighted by Gasteiger charge is -2.15. The van der Waals surface area contributed by atoms with E-state index in [2.05, 4.69) is 29.5 Å². The van der Waals surface area contributed by atoms with Crippen LogP contribution in [0.1, 0.15) is 20.3 Å². The number of hydrogen-bond donors (Lipinski definition) is 0. The van der Waals surface area contributed by atoms with Crippen LogP contribution >= 0.6 is 22.6 Å². The number of rotatable bonds is 5. The van der Waals surface area contributed by atoms with E-state index in [9.17, 15) is 0 Å². The largest absolute Gasteiger partial charge is 0.382 e. The van der Waals surface area contributed by atoms with Gasteiger partial charge in [-0.2, -0.15) is 0 Å². The molecule has 10 heavy (non-hydrogen) atoms. The third kappa shape index (κ3) is 5.44. The zero-order valence-corrected chi connectivity index (χ0v) is 8.92. The highest BCUT2D eigenvalue weighted by molar-refractivity contribution is 14.1. The SMILES string of the molecule is CCC(I)OC(C)COC. The fourth-order valence-electron chi connectivity index (χ4n) is 0.622. The molecular weight excluding hydrogens is 243 g/mol. The lowest BCUT2D eigenvalue weighted by atomic mass is 10.4. The lowest BCUT2D eigenvalue weighted by Crippen LogP contribution is -2.18. The Bertz CT molecular complexity index is 78.0. The molecule has 0 fully saturated rings. The van der Waals surface area contributed by atoms with Crippen molar-refractivity contribution in [3.63, 3.8) is 0 Å². The molecule has 0 aliphatic rings. The van der Waals surface area contributed by atoms with Crippen LogP contribution in [0.4, 0.5) is 0 Å². The summed E-state index contributed by atoms with van der Waals surface area (Å²) in [5.41, 5.74) is 0. The summed E-state index contributed by atoms with van der Waals surface area (Å²) in [5.74, 6) is 0. The summed E-state index contributed by atoms with van der Waals surface area (Å²) in [7, 11) is 1.69. The standard InChI is InChI=1S/C7H15IO2/c1-4-7(8)10-6(2)5-9-3/h6-7H,4-5H2,1-3H3. The molecule has 0 heterocycles. The predicted octanol–water partition coefficient (Wildman–Crippen LogP) is 2.21. The molecule has 0 spiro atoms. The fourth-order valence-corrected chi connectivity index (χ4v) is 1.12. The molecule has 0 saturated carbocycles. The predicted molar refractivity (Wildman–Crippen MR) is 50.5 cm³/mol. The molecule has 0 aromatic heterocycles. The van der Waals surface area contributed by atoms with Crippen molar-refractivity contribution in [2.45, 2.75) is 30.5 Å². The average molecular weight is 258 g/mol. The molecule has 3 heteroatoms. The second-order valence-corrected chi connectivity index (χ2v) is 3.61. The van der Waals surface area contributed by atoms with Gasteiger partial charge in [0.2, 0.25) is 0 Å². The number of hydrogen-bond acceptors (Lipinski definition) is 2. The summed E-state index contributed by atoms with van der Waals surface area (Å²) in [4.78, 5) is 0. The molecule has 0 rings (SSSR count). The van der Waals surface area contributed by atoms with Crippen LogP contribution in [0.3, 0.4) is 0 Å². The monoisotopic (exact) mass is 258 g/mol. The van der Waals surface area contributed by atoms with Gasteiger partial charge in [0, 0.05) is 7.11 Å². The van der Waals surface area contributed by atoms with Crippen LogP contribution in [0.5, 0.6) is 0 Å². The zero-order valence-electron chi connectivity index (χ0n) is 6.76. The lowest BCUT2D eigenvalue weighted by molar-refractivity contribution is 0.00177. The van der Waals surface area contributed by atoms with E-state index in [1.54, 1.807) is 7.11 Å². The normalized spacial score (nSPS) is 16.8. The van der Waals surface area contributed by atoms with E-state index in [0.717, 1.165) is 6.42 Å². The third-order valence-corrected chi connectivity index (χ3v) is 2.28. The molecule has 0 saturated heterocycles. The summed E-state index contributed by atoms with van der Waals surface area (Å²) >= 11 is 2.28. The van der Waals surface area contributed by atoms with Crippen LogP contribution in [0.2, 0.25) is 0 Å². The highest BCUT2D eigenvalue weighted by Gasteiger charge is 2.06. The van der Waals surface area contributed by atoms with Gasteiger partial charge >= 0.3 is 0 Å². The van der Waals surface area contributed by atoms with E-state index in [4.69, 9.17) is 9.47 Å². The third-order valence-electron chi connectivity index (χ3n) is 1.10. The van der Waals surface area contributed by atoms with E-state index in [0.29, 0.717) is 10.7 Å². The van der Waals surface area contributed by atoms with E-state index in [1.807, 2.05) is 6.92 Å². The van der Waals surface area contributed by atoms with Gasteiger partial charge in [0.25, 0.3) is 0 Å². The van der Waals surface area contributed by atoms with Gasteiger partial charge in [0.1, 0.15) is 4.11 Å². The Morgan fingerprint density at radius 3 is 2.50 bits per heavy atom. The Morgan fingerprint density at radius 2 is 2.10 bits per heavy atom. The second-order valence-electron chi connectivity index (χ2n) is 2.22. The van der Waals surface area contributed by atoms with E-state index >= 15 is 0 Å². The Kier molecular flexibility index (Phi) is 6.78. The van der Waals surface area contributed by atoms with Crippen molar-refractivity contribution in [2.24, 2.45) is 0 Å². The maximum atomic E-state index is 5.50. The van der Waals surface area contributed by atoms with Crippen LogP contribution in [0.15, 0.2) is 0 Å². The van der Waals surface area contributed by atoms with Crippen molar-refractivity contribution in [3.8, 4) is 0 Å². The second kappa shape index (κ2) is 6.37. The van der Waals surface area contributed by atoms with Gasteiger partial charge < -0.3 is 9.47 Å². The first-order chi connectivity index (χ1) is 4.70. The minimum atomic E-state index is 0.215. The topological polar surface area (TPSA) is 18.5 Å². The molecule has 0 aromatic carbocycles. The molecule has 2 atom stereocenters. The molecule has 2 nitrogen and oxygen atoms in total. The van der Waals surface area contributed by atoms with Crippen LogP contribution in [0, 0.1) is 0 Å². The number of halogens is 1. The van der Waals surface area contributed by atoms with Crippen LogP contribution < -0.4 is 0 Å². The van der Waals surface area contributed by atoms with E-state index in [-0.39, 0.29) is 6.10 Å². The summed E-state index contributed by atoms with van der Waals surface area (Å²) in [5, 5.41) is 0. The highest BCUT2D eigenvalue weighted by Crippen LogP contribution is 2.09. The number of alkyl halides is 1. The zero-order chi connectivity index (χ0) is 7.98. The quantitative estimate of drug-likeness (QED) is 0.556. The molecule has 0 N–H and O–H groups in total. The Morgan fingerprint density at radius 1 is 1.50 bits per heavy atom. The summed E-state index contributed by atoms with van der Waals surface area (Å²) in [6.45, 7) is 4.81. The molecule has 0 aromatic rings. The van der Waals surface area contributed by atoms with Gasteiger partial charge in [-0.25, -0.2) is 0 Å². The molecule has 0 aliphatic carbocycles. The highest BCUT2D eigenvalue weighted by atomic mass is 127. The Labute approximate surface area is 76.4 Å². The Balaban J connectivity index is 3.27. The first-order valence-corrected chi connectivity index (χ1v) is 4.73. The van der Waals surface area contributed by atoms with Gasteiger partial charge in [-0.3, -0.25) is 0 Å². The molecule has 2 unspecified atom stereocenters. The molecule has 62 valence electrons. The van der Waals surface area contributed by atoms with Crippen molar-refractivity contribution in [2.75, 3.05) is 13.7 Å². The van der Waals surface area contributed by atoms with Crippen LogP contribution in [-0.4, -0.2) is 23.9 Å². The van der Waals surface area contributed by atoms with E-state index < -0.39 is 0 Å². The molecule has 0 bridgehead atoms. The van der Waals surface area contributed by atoms with Gasteiger partial charge in [0.05, 0.1) is 12.7 Å². The van der Waals surface area contributed by atoms with Gasteiger partial charge in [-0.15, -0.1) is 0 Å². The maximum Gasteiger partial charge on any atom is 0.109 e. The van der Waals surface area contributed by atoms with E-state index in [1.165, 1.54) is 0 Å². The summed E-state index contributed by atoms with van der Waals surface area (Å²) in [6.07, 6.45) is 1.26. The van der Waals surface area contributed by atoms with Crippen LogP contribution in [0.25, 0.3) is 0 Å². The van der Waals surface area contributed by atoms with Crippen molar-refractivity contribution < 1.29 is 9.47 Å². The minimum absolute atomic E-state index is 0.215.